The first-order valence-electron chi connectivity index (χ1n) is 5.70. The minimum atomic E-state index is 0.249. The summed E-state index contributed by atoms with van der Waals surface area (Å²) in [4.78, 5) is 0. The van der Waals surface area contributed by atoms with Crippen LogP contribution in [-0.4, -0.2) is 0 Å². The molecule has 2 rings (SSSR count). The Morgan fingerprint density at radius 1 is 1.33 bits per heavy atom. The first-order valence-corrected chi connectivity index (χ1v) is 6.78. The highest BCUT2D eigenvalue weighted by molar-refractivity contribution is 14.1. The molecule has 0 aliphatic heterocycles. The molecule has 1 aromatic carbocycles. The Labute approximate surface area is 106 Å². The largest absolute Gasteiger partial charge is 0.324 e. The molecule has 82 valence electrons. The average Bonchev–Trinajstić information content (AvgIpc) is 2.74. The fourth-order valence-electron chi connectivity index (χ4n) is 2.50. The molecule has 1 saturated carbocycles. The highest BCUT2D eigenvalue weighted by atomic mass is 127. The van der Waals surface area contributed by atoms with Gasteiger partial charge < -0.3 is 5.73 Å². The smallest absolute Gasteiger partial charge is 0.0334 e. The molecule has 1 aliphatic rings. The van der Waals surface area contributed by atoms with Crippen LogP contribution in [0.3, 0.4) is 0 Å². The first kappa shape index (κ1) is 11.4. The van der Waals surface area contributed by atoms with E-state index in [0.717, 1.165) is 0 Å². The summed E-state index contributed by atoms with van der Waals surface area (Å²) in [6.45, 7) is 2.16. The molecule has 0 spiro atoms. The second-order valence-electron chi connectivity index (χ2n) is 4.55. The van der Waals surface area contributed by atoms with Crippen molar-refractivity contribution in [2.75, 3.05) is 0 Å². The lowest BCUT2D eigenvalue weighted by atomic mass is 9.92. The zero-order valence-electron chi connectivity index (χ0n) is 9.17. The summed E-state index contributed by atoms with van der Waals surface area (Å²) in [5.74, 6) is 0.709. The predicted molar refractivity (Wildman–Crippen MR) is 72.8 cm³/mol. The molecule has 1 fully saturated rings. The molecular formula is C13H18IN. The van der Waals surface area contributed by atoms with Crippen molar-refractivity contribution in [3.8, 4) is 0 Å². The van der Waals surface area contributed by atoms with Crippen LogP contribution >= 0.6 is 22.6 Å². The van der Waals surface area contributed by atoms with Gasteiger partial charge in [-0.2, -0.15) is 0 Å². The Morgan fingerprint density at radius 3 is 2.67 bits per heavy atom. The van der Waals surface area contributed by atoms with Crippen molar-refractivity contribution in [2.24, 2.45) is 11.7 Å². The Balaban J connectivity index is 2.24. The van der Waals surface area contributed by atoms with Crippen LogP contribution in [0.2, 0.25) is 0 Å². The highest BCUT2D eigenvalue weighted by Gasteiger charge is 2.24. The van der Waals surface area contributed by atoms with Crippen molar-refractivity contribution in [1.29, 1.82) is 0 Å². The molecule has 0 aromatic heterocycles. The van der Waals surface area contributed by atoms with E-state index in [1.54, 1.807) is 0 Å². The molecule has 1 atom stereocenters. The number of rotatable bonds is 2. The Morgan fingerprint density at radius 2 is 2.00 bits per heavy atom. The fraction of sp³-hybridized carbons (Fsp3) is 0.538. The topological polar surface area (TPSA) is 26.0 Å². The van der Waals surface area contributed by atoms with E-state index in [-0.39, 0.29) is 6.04 Å². The maximum absolute atomic E-state index is 6.37. The summed E-state index contributed by atoms with van der Waals surface area (Å²) in [5.41, 5.74) is 9.06. The third-order valence-electron chi connectivity index (χ3n) is 3.49. The summed E-state index contributed by atoms with van der Waals surface area (Å²) in [7, 11) is 0. The predicted octanol–water partition coefficient (Wildman–Crippen LogP) is 3.79. The van der Waals surface area contributed by atoms with Gasteiger partial charge in [0, 0.05) is 9.61 Å². The van der Waals surface area contributed by atoms with Gasteiger partial charge in [0.1, 0.15) is 0 Å². The van der Waals surface area contributed by atoms with Crippen LogP contribution in [0.5, 0.6) is 0 Å². The minimum Gasteiger partial charge on any atom is -0.324 e. The Hall–Kier alpha value is -0.0900. The van der Waals surface area contributed by atoms with E-state index < -0.39 is 0 Å². The normalized spacial score (nSPS) is 19.4. The van der Waals surface area contributed by atoms with Crippen molar-refractivity contribution in [1.82, 2.24) is 0 Å². The van der Waals surface area contributed by atoms with Gasteiger partial charge in [0.2, 0.25) is 0 Å². The van der Waals surface area contributed by atoms with Gasteiger partial charge in [-0.3, -0.25) is 0 Å². The monoisotopic (exact) mass is 315 g/mol. The second-order valence-corrected chi connectivity index (χ2v) is 5.63. The van der Waals surface area contributed by atoms with Crippen molar-refractivity contribution in [3.05, 3.63) is 32.9 Å². The van der Waals surface area contributed by atoms with Crippen LogP contribution in [0.15, 0.2) is 18.2 Å². The lowest BCUT2D eigenvalue weighted by Crippen LogP contribution is -2.20. The van der Waals surface area contributed by atoms with Crippen LogP contribution in [0.1, 0.15) is 42.9 Å². The van der Waals surface area contributed by atoms with Crippen LogP contribution < -0.4 is 5.73 Å². The number of aryl methyl sites for hydroxylation is 1. The molecule has 0 radical (unpaired) electrons. The van der Waals surface area contributed by atoms with E-state index in [4.69, 9.17) is 5.73 Å². The van der Waals surface area contributed by atoms with Gasteiger partial charge in [0.25, 0.3) is 0 Å². The van der Waals surface area contributed by atoms with E-state index in [1.807, 2.05) is 0 Å². The van der Waals surface area contributed by atoms with E-state index in [1.165, 1.54) is 40.4 Å². The molecule has 0 bridgehead atoms. The van der Waals surface area contributed by atoms with E-state index in [2.05, 4.69) is 47.7 Å². The summed E-state index contributed by atoms with van der Waals surface area (Å²) in [6.07, 6.45) is 5.35. The lowest BCUT2D eigenvalue weighted by molar-refractivity contribution is 0.443. The number of hydrogen-bond donors (Lipinski definition) is 1. The minimum absolute atomic E-state index is 0.249. The zero-order chi connectivity index (χ0) is 10.8. The van der Waals surface area contributed by atoms with Gasteiger partial charge in [0.15, 0.2) is 0 Å². The second kappa shape index (κ2) is 4.83. The maximum Gasteiger partial charge on any atom is 0.0334 e. The van der Waals surface area contributed by atoms with Crippen molar-refractivity contribution in [3.63, 3.8) is 0 Å². The summed E-state index contributed by atoms with van der Waals surface area (Å²) in [5, 5.41) is 0. The fourth-order valence-corrected chi connectivity index (χ4v) is 3.22. The average molecular weight is 315 g/mol. The zero-order valence-corrected chi connectivity index (χ0v) is 11.3. The maximum atomic E-state index is 6.37. The van der Waals surface area contributed by atoms with Crippen LogP contribution in [0.25, 0.3) is 0 Å². The van der Waals surface area contributed by atoms with Gasteiger partial charge in [-0.25, -0.2) is 0 Å². The highest BCUT2D eigenvalue weighted by Crippen LogP contribution is 2.36. The first-order chi connectivity index (χ1) is 7.20. The van der Waals surface area contributed by atoms with Gasteiger partial charge in [-0.05, 0) is 59.4 Å². The van der Waals surface area contributed by atoms with Crippen LogP contribution in [0.4, 0.5) is 0 Å². The van der Waals surface area contributed by atoms with E-state index in [0.29, 0.717) is 5.92 Å². The molecule has 15 heavy (non-hydrogen) atoms. The van der Waals surface area contributed by atoms with Crippen molar-refractivity contribution in [2.45, 2.75) is 38.6 Å². The van der Waals surface area contributed by atoms with E-state index >= 15 is 0 Å². The number of nitrogens with two attached hydrogens (primary N) is 1. The molecule has 1 aromatic rings. The third-order valence-corrected chi connectivity index (χ3v) is 4.96. The van der Waals surface area contributed by atoms with E-state index in [9.17, 15) is 0 Å². The summed E-state index contributed by atoms with van der Waals surface area (Å²) >= 11 is 2.43. The van der Waals surface area contributed by atoms with Crippen LogP contribution in [-0.2, 0) is 0 Å². The van der Waals surface area contributed by atoms with Crippen molar-refractivity contribution >= 4 is 22.6 Å². The molecule has 0 heterocycles. The summed E-state index contributed by atoms with van der Waals surface area (Å²) < 4.78 is 1.36. The van der Waals surface area contributed by atoms with Gasteiger partial charge in [0.05, 0.1) is 0 Å². The molecule has 1 aliphatic carbocycles. The lowest BCUT2D eigenvalue weighted by Gasteiger charge is -2.21. The molecule has 2 heteroatoms. The summed E-state index contributed by atoms with van der Waals surface area (Å²) in [6, 6.07) is 6.73. The third kappa shape index (κ3) is 2.36. The molecule has 0 amide bonds. The molecular weight excluding hydrogens is 297 g/mol. The number of halogens is 1. The van der Waals surface area contributed by atoms with Gasteiger partial charge in [-0.15, -0.1) is 0 Å². The standard InChI is InChI=1S/C13H18IN/c1-9-5-4-8-11(12(9)14)13(15)10-6-2-3-7-10/h4-5,8,10,13H,2-3,6-7,15H2,1H3. The Bertz CT molecular complexity index is 342. The number of benzene rings is 1. The SMILES string of the molecule is Cc1cccc(C(N)C2CCCC2)c1I. The Kier molecular flexibility index (Phi) is 3.67. The van der Waals surface area contributed by atoms with Gasteiger partial charge >= 0.3 is 0 Å². The molecule has 1 nitrogen and oxygen atoms in total. The van der Waals surface area contributed by atoms with Gasteiger partial charge in [-0.1, -0.05) is 31.0 Å². The number of hydrogen-bond acceptors (Lipinski definition) is 1. The van der Waals surface area contributed by atoms with Crippen molar-refractivity contribution < 1.29 is 0 Å². The van der Waals surface area contributed by atoms with Crippen LogP contribution in [0, 0.1) is 16.4 Å². The molecule has 1 unspecified atom stereocenters. The quantitative estimate of drug-likeness (QED) is 0.826. The molecule has 2 N–H and O–H groups in total. The molecule has 0 saturated heterocycles.